The first-order chi connectivity index (χ1) is 6.77. The van der Waals surface area contributed by atoms with Crippen molar-refractivity contribution in [1.82, 2.24) is 14.3 Å². The maximum atomic E-state index is 10.6. The highest BCUT2D eigenvalue weighted by atomic mass is 32.1. The summed E-state index contributed by atoms with van der Waals surface area (Å²) in [4.78, 5) is 18.4. The third-order valence-electron chi connectivity index (χ3n) is 1.57. The topological polar surface area (TPSA) is 76.0 Å². The summed E-state index contributed by atoms with van der Waals surface area (Å²) in [6, 6.07) is 1.35. The van der Waals surface area contributed by atoms with E-state index in [1.54, 1.807) is 11.6 Å². The highest BCUT2D eigenvalue weighted by Crippen LogP contribution is 2.15. The van der Waals surface area contributed by atoms with Gasteiger partial charge >= 0.3 is 5.97 Å². The summed E-state index contributed by atoms with van der Waals surface area (Å²) >= 11 is 1.27. The standard InChI is InChI=1S/C8H5N3O2S/c12-8(13)6-1-2-9-7(11-6)5-3-10-14-4-5/h1-4H,(H,12,13). The van der Waals surface area contributed by atoms with E-state index in [2.05, 4.69) is 14.3 Å². The summed E-state index contributed by atoms with van der Waals surface area (Å²) in [6.45, 7) is 0. The minimum atomic E-state index is -1.06. The number of aromatic nitrogens is 3. The van der Waals surface area contributed by atoms with Crippen molar-refractivity contribution < 1.29 is 9.90 Å². The van der Waals surface area contributed by atoms with Crippen LogP contribution in [0.25, 0.3) is 11.4 Å². The van der Waals surface area contributed by atoms with Crippen molar-refractivity contribution in [3.05, 3.63) is 29.5 Å². The van der Waals surface area contributed by atoms with Gasteiger partial charge < -0.3 is 5.11 Å². The van der Waals surface area contributed by atoms with Gasteiger partial charge in [-0.1, -0.05) is 0 Å². The monoisotopic (exact) mass is 207 g/mol. The summed E-state index contributed by atoms with van der Waals surface area (Å²) in [5.74, 6) is -0.671. The zero-order chi connectivity index (χ0) is 9.97. The Hall–Kier alpha value is -1.82. The SMILES string of the molecule is O=C(O)c1ccnc(-c2cnsc2)n1. The number of hydrogen-bond donors (Lipinski definition) is 1. The lowest BCUT2D eigenvalue weighted by Crippen LogP contribution is -2.01. The molecule has 0 radical (unpaired) electrons. The molecule has 6 heteroatoms. The molecule has 0 atom stereocenters. The fraction of sp³-hybridized carbons (Fsp3) is 0. The lowest BCUT2D eigenvalue weighted by molar-refractivity contribution is 0.0690. The summed E-state index contributed by atoms with van der Waals surface area (Å²) in [6.07, 6.45) is 3.02. The van der Waals surface area contributed by atoms with Gasteiger partial charge in [-0.25, -0.2) is 19.1 Å². The number of aromatic carboxylic acids is 1. The molecule has 0 aliphatic heterocycles. The molecule has 2 heterocycles. The lowest BCUT2D eigenvalue weighted by Gasteiger charge is -1.96. The molecular formula is C8H5N3O2S. The van der Waals surface area contributed by atoms with Gasteiger partial charge in [-0.3, -0.25) is 0 Å². The van der Waals surface area contributed by atoms with E-state index in [1.165, 1.54) is 23.8 Å². The fourth-order valence-corrected chi connectivity index (χ4v) is 1.45. The first-order valence-electron chi connectivity index (χ1n) is 3.73. The second kappa shape index (κ2) is 3.51. The van der Waals surface area contributed by atoms with Crippen molar-refractivity contribution in [3.63, 3.8) is 0 Å². The molecule has 0 aliphatic rings. The second-order valence-electron chi connectivity index (χ2n) is 2.48. The van der Waals surface area contributed by atoms with Crippen molar-refractivity contribution in [1.29, 1.82) is 0 Å². The van der Waals surface area contributed by atoms with Crippen molar-refractivity contribution in [3.8, 4) is 11.4 Å². The smallest absolute Gasteiger partial charge is 0.354 e. The molecule has 2 rings (SSSR count). The van der Waals surface area contributed by atoms with Crippen LogP contribution in [0.4, 0.5) is 0 Å². The van der Waals surface area contributed by atoms with Crippen LogP contribution in [0.5, 0.6) is 0 Å². The van der Waals surface area contributed by atoms with E-state index < -0.39 is 5.97 Å². The average molecular weight is 207 g/mol. The Bertz CT molecular complexity index is 455. The molecule has 0 aliphatic carbocycles. The molecule has 0 spiro atoms. The van der Waals surface area contributed by atoms with Crippen LogP contribution in [0.3, 0.4) is 0 Å². The third-order valence-corrected chi connectivity index (χ3v) is 2.15. The van der Waals surface area contributed by atoms with E-state index in [9.17, 15) is 4.79 Å². The van der Waals surface area contributed by atoms with Gasteiger partial charge in [-0.2, -0.15) is 0 Å². The van der Waals surface area contributed by atoms with Gasteiger partial charge in [0.15, 0.2) is 11.5 Å². The molecule has 2 aromatic heterocycles. The molecule has 0 saturated carbocycles. The molecule has 0 amide bonds. The summed E-state index contributed by atoms with van der Waals surface area (Å²) < 4.78 is 3.89. The number of rotatable bonds is 2. The highest BCUT2D eigenvalue weighted by Gasteiger charge is 2.07. The minimum Gasteiger partial charge on any atom is -0.477 e. The maximum Gasteiger partial charge on any atom is 0.354 e. The van der Waals surface area contributed by atoms with E-state index >= 15 is 0 Å². The number of carboxylic acid groups (broad SMARTS) is 1. The van der Waals surface area contributed by atoms with Crippen molar-refractivity contribution >= 4 is 17.5 Å². The van der Waals surface area contributed by atoms with Crippen LogP contribution in [0.2, 0.25) is 0 Å². The third kappa shape index (κ3) is 1.60. The number of carbonyl (C=O) groups is 1. The van der Waals surface area contributed by atoms with E-state index in [0.717, 1.165) is 5.56 Å². The zero-order valence-corrected chi connectivity index (χ0v) is 7.73. The van der Waals surface area contributed by atoms with Crippen LogP contribution >= 0.6 is 11.5 Å². The predicted molar refractivity (Wildman–Crippen MR) is 50.1 cm³/mol. The molecule has 14 heavy (non-hydrogen) atoms. The van der Waals surface area contributed by atoms with Crippen molar-refractivity contribution in [2.24, 2.45) is 0 Å². The van der Waals surface area contributed by atoms with Crippen LogP contribution in [-0.2, 0) is 0 Å². The Balaban J connectivity index is 2.46. The molecule has 0 unspecified atom stereocenters. The second-order valence-corrected chi connectivity index (χ2v) is 3.14. The molecule has 0 aromatic carbocycles. The van der Waals surface area contributed by atoms with Gasteiger partial charge in [0.05, 0.1) is 6.20 Å². The van der Waals surface area contributed by atoms with Crippen molar-refractivity contribution in [2.45, 2.75) is 0 Å². The molecular weight excluding hydrogens is 202 g/mol. The molecule has 70 valence electrons. The molecule has 0 bridgehead atoms. The Morgan fingerprint density at radius 2 is 2.36 bits per heavy atom. The molecule has 1 N–H and O–H groups in total. The Morgan fingerprint density at radius 3 is 3.00 bits per heavy atom. The van der Waals surface area contributed by atoms with Gasteiger partial charge in [0.2, 0.25) is 0 Å². The van der Waals surface area contributed by atoms with E-state index in [1.807, 2.05) is 0 Å². The number of carboxylic acids is 1. The van der Waals surface area contributed by atoms with Crippen molar-refractivity contribution in [2.75, 3.05) is 0 Å². The predicted octanol–water partition coefficient (Wildman–Crippen LogP) is 1.30. The van der Waals surface area contributed by atoms with E-state index in [-0.39, 0.29) is 5.69 Å². The normalized spacial score (nSPS) is 10.0. The molecule has 0 saturated heterocycles. The van der Waals surface area contributed by atoms with Crippen LogP contribution in [-0.4, -0.2) is 25.4 Å². The van der Waals surface area contributed by atoms with Gasteiger partial charge in [0, 0.05) is 17.1 Å². The average Bonchev–Trinajstić information content (AvgIpc) is 2.71. The first kappa shape index (κ1) is 8.76. The van der Waals surface area contributed by atoms with Gasteiger partial charge in [0.25, 0.3) is 0 Å². The summed E-state index contributed by atoms with van der Waals surface area (Å²) in [5.41, 5.74) is 0.722. The summed E-state index contributed by atoms with van der Waals surface area (Å²) in [7, 11) is 0. The van der Waals surface area contributed by atoms with Crippen LogP contribution in [0.1, 0.15) is 10.5 Å². The Labute approximate surface area is 83.2 Å². The van der Waals surface area contributed by atoms with Gasteiger partial charge in [-0.15, -0.1) is 0 Å². The Morgan fingerprint density at radius 1 is 1.50 bits per heavy atom. The number of nitrogens with zero attached hydrogens (tertiary/aromatic N) is 3. The van der Waals surface area contributed by atoms with Gasteiger partial charge in [-0.05, 0) is 17.6 Å². The molecule has 2 aromatic rings. The molecule has 0 fully saturated rings. The van der Waals surface area contributed by atoms with E-state index in [4.69, 9.17) is 5.11 Å². The largest absolute Gasteiger partial charge is 0.477 e. The quantitative estimate of drug-likeness (QED) is 0.803. The first-order valence-corrected chi connectivity index (χ1v) is 4.57. The Kier molecular flexibility index (Phi) is 2.19. The minimum absolute atomic E-state index is 0.0128. The van der Waals surface area contributed by atoms with Crippen LogP contribution in [0.15, 0.2) is 23.8 Å². The molecule has 5 nitrogen and oxygen atoms in total. The number of hydrogen-bond acceptors (Lipinski definition) is 5. The maximum absolute atomic E-state index is 10.6. The zero-order valence-electron chi connectivity index (χ0n) is 6.91. The van der Waals surface area contributed by atoms with Crippen LogP contribution < -0.4 is 0 Å². The highest BCUT2D eigenvalue weighted by molar-refractivity contribution is 7.03. The van der Waals surface area contributed by atoms with E-state index in [0.29, 0.717) is 5.82 Å². The lowest BCUT2D eigenvalue weighted by atomic mass is 10.3. The van der Waals surface area contributed by atoms with Gasteiger partial charge in [0.1, 0.15) is 0 Å². The fourth-order valence-electron chi connectivity index (χ4n) is 0.932. The van der Waals surface area contributed by atoms with Crippen LogP contribution in [0, 0.1) is 0 Å². The summed E-state index contributed by atoms with van der Waals surface area (Å²) in [5, 5.41) is 10.5.